The zero-order valence-electron chi connectivity index (χ0n) is 19.2. The van der Waals surface area contributed by atoms with E-state index in [0.717, 1.165) is 19.3 Å². The van der Waals surface area contributed by atoms with Crippen molar-refractivity contribution in [3.8, 4) is 0 Å². The summed E-state index contributed by atoms with van der Waals surface area (Å²) in [6, 6.07) is 10.4. The Kier molecular flexibility index (Phi) is 5.78. The maximum Gasteiger partial charge on any atom is 0.209 e. The molecule has 1 aromatic heterocycles. The first-order chi connectivity index (χ1) is 15.8. The molecule has 0 bridgehead atoms. The van der Waals surface area contributed by atoms with Crippen LogP contribution in [0.2, 0.25) is 0 Å². The summed E-state index contributed by atoms with van der Waals surface area (Å²) < 4.78 is 22.3. The summed E-state index contributed by atoms with van der Waals surface area (Å²) in [6.07, 6.45) is 12.4. The highest BCUT2D eigenvalue weighted by molar-refractivity contribution is 7.89. The van der Waals surface area contributed by atoms with Gasteiger partial charge >= 0.3 is 0 Å². The van der Waals surface area contributed by atoms with Gasteiger partial charge in [0.15, 0.2) is 5.78 Å². The Bertz CT molecular complexity index is 1210. The molecule has 33 heavy (non-hydrogen) atoms. The summed E-state index contributed by atoms with van der Waals surface area (Å²) in [5.74, 6) is 1.72. The largest absolute Gasteiger partial charge is 0.294 e. The second-order valence-electron chi connectivity index (χ2n) is 10.3. The van der Waals surface area contributed by atoms with Crippen molar-refractivity contribution in [1.29, 1.82) is 0 Å². The number of pyridine rings is 1. The van der Waals surface area contributed by atoms with Crippen LogP contribution in [0.15, 0.2) is 48.8 Å². The number of sulfonamides is 1. The summed E-state index contributed by atoms with van der Waals surface area (Å²) >= 11 is 0. The fraction of sp³-hybridized carbons (Fsp3) is 0.481. The Morgan fingerprint density at radius 1 is 1.24 bits per heavy atom. The van der Waals surface area contributed by atoms with Crippen molar-refractivity contribution in [2.24, 2.45) is 22.4 Å². The molecular formula is C27H32N2O3S. The van der Waals surface area contributed by atoms with Gasteiger partial charge in [-0.05, 0) is 96.1 Å². The number of carbonyl (C=O) groups excluding carboxylic acids is 1. The van der Waals surface area contributed by atoms with Crippen LogP contribution in [0.5, 0.6) is 0 Å². The molecule has 0 spiro atoms. The van der Waals surface area contributed by atoms with Gasteiger partial charge in [-0.2, -0.15) is 0 Å². The summed E-state index contributed by atoms with van der Waals surface area (Å²) in [5, 5.41) is 5.06. The molecule has 0 unspecified atom stereocenters. The van der Waals surface area contributed by atoms with Gasteiger partial charge in [-0.1, -0.05) is 31.2 Å². The van der Waals surface area contributed by atoms with Gasteiger partial charge in [-0.3, -0.25) is 9.78 Å². The van der Waals surface area contributed by atoms with Gasteiger partial charge in [0.05, 0.1) is 5.75 Å². The Morgan fingerprint density at radius 2 is 2.09 bits per heavy atom. The molecule has 3 aliphatic rings. The van der Waals surface area contributed by atoms with E-state index in [1.54, 1.807) is 0 Å². The number of carbonyl (C=O) groups is 1. The van der Waals surface area contributed by atoms with Crippen molar-refractivity contribution < 1.29 is 13.2 Å². The van der Waals surface area contributed by atoms with Crippen LogP contribution < -0.4 is 5.14 Å². The molecule has 6 heteroatoms. The average Bonchev–Trinajstić information content (AvgIpc) is 3.15. The van der Waals surface area contributed by atoms with Gasteiger partial charge in [0.25, 0.3) is 0 Å². The maximum atomic E-state index is 12.6. The number of ketones is 1. The average molecular weight is 465 g/mol. The van der Waals surface area contributed by atoms with Crippen molar-refractivity contribution in [2.75, 3.05) is 5.75 Å². The molecule has 5 rings (SSSR count). The molecule has 0 saturated heterocycles. The standard InChI is InChI=1S/C27H32N2O3S/c1-27-13-12-22-21-8-7-19(26(30)5-3-15-33(28,31)32)16-18(21)6-9-23(22)25(27)11-10-24(27)20-4-2-14-29-17-20/h2,4,7-8,10,14,16-17,22-23,25H,3,5-6,9,11-13,15H2,1H3,(H2,28,31,32)/t22-,23-,25+,27-/m1/s1. The van der Waals surface area contributed by atoms with Crippen LogP contribution in [0, 0.1) is 17.3 Å². The van der Waals surface area contributed by atoms with E-state index in [4.69, 9.17) is 5.14 Å². The summed E-state index contributed by atoms with van der Waals surface area (Å²) in [4.78, 5) is 17.0. The van der Waals surface area contributed by atoms with E-state index in [0.29, 0.717) is 23.3 Å². The molecule has 1 fully saturated rings. The van der Waals surface area contributed by atoms with Gasteiger partial charge < -0.3 is 0 Å². The molecule has 0 radical (unpaired) electrons. The third kappa shape index (κ3) is 4.19. The van der Waals surface area contributed by atoms with Crippen LogP contribution in [0.3, 0.4) is 0 Å². The van der Waals surface area contributed by atoms with E-state index in [1.807, 2.05) is 24.5 Å². The van der Waals surface area contributed by atoms with Gasteiger partial charge in [0, 0.05) is 24.4 Å². The Labute approximate surface area is 196 Å². The van der Waals surface area contributed by atoms with Gasteiger partial charge in [0.1, 0.15) is 0 Å². The number of fused-ring (bicyclic) bond motifs is 5. The smallest absolute Gasteiger partial charge is 0.209 e. The number of aromatic nitrogens is 1. The molecule has 0 amide bonds. The van der Waals surface area contributed by atoms with Crippen molar-refractivity contribution in [2.45, 2.75) is 57.8 Å². The van der Waals surface area contributed by atoms with Crippen LogP contribution in [-0.2, 0) is 16.4 Å². The van der Waals surface area contributed by atoms with Crippen molar-refractivity contribution in [3.63, 3.8) is 0 Å². The number of hydrogen-bond donors (Lipinski definition) is 1. The molecule has 2 aromatic rings. The summed E-state index contributed by atoms with van der Waals surface area (Å²) in [5.41, 5.74) is 6.37. The molecule has 1 aromatic carbocycles. The minimum atomic E-state index is -3.52. The van der Waals surface area contributed by atoms with E-state index in [-0.39, 0.29) is 29.8 Å². The van der Waals surface area contributed by atoms with Crippen molar-refractivity contribution in [1.82, 2.24) is 4.98 Å². The first-order valence-electron chi connectivity index (χ1n) is 12.0. The minimum absolute atomic E-state index is 0.000832. The molecule has 1 saturated carbocycles. The molecule has 1 heterocycles. The lowest BCUT2D eigenvalue weighted by Gasteiger charge is -2.50. The quantitative estimate of drug-likeness (QED) is 0.617. The normalized spacial score (nSPS) is 28.4. The first-order valence-corrected chi connectivity index (χ1v) is 13.8. The fourth-order valence-corrected chi connectivity index (χ4v) is 7.42. The predicted octanol–water partition coefficient (Wildman–Crippen LogP) is 4.88. The molecule has 2 N–H and O–H groups in total. The van der Waals surface area contributed by atoms with Gasteiger partial charge in [-0.25, -0.2) is 13.6 Å². The first kappa shape index (κ1) is 22.5. The lowest BCUT2D eigenvalue weighted by atomic mass is 9.54. The van der Waals surface area contributed by atoms with Crippen LogP contribution in [0.4, 0.5) is 0 Å². The van der Waals surface area contributed by atoms with E-state index in [1.165, 1.54) is 35.1 Å². The Hall–Kier alpha value is -2.31. The molecule has 0 aliphatic heterocycles. The Balaban J connectivity index is 1.33. The summed E-state index contributed by atoms with van der Waals surface area (Å²) in [7, 11) is -3.52. The highest BCUT2D eigenvalue weighted by Crippen LogP contribution is 2.63. The topological polar surface area (TPSA) is 90.1 Å². The van der Waals surface area contributed by atoms with E-state index < -0.39 is 10.0 Å². The zero-order valence-corrected chi connectivity index (χ0v) is 20.0. The molecular weight excluding hydrogens is 432 g/mol. The van der Waals surface area contributed by atoms with Crippen LogP contribution >= 0.6 is 0 Å². The monoisotopic (exact) mass is 464 g/mol. The number of rotatable bonds is 6. The van der Waals surface area contributed by atoms with E-state index >= 15 is 0 Å². The third-order valence-corrected chi connectivity index (χ3v) is 9.29. The van der Waals surface area contributed by atoms with Crippen molar-refractivity contribution >= 4 is 21.4 Å². The number of primary sulfonamides is 1. The maximum absolute atomic E-state index is 12.6. The molecule has 5 nitrogen and oxygen atoms in total. The number of nitrogens with zero attached hydrogens (tertiary/aromatic N) is 1. The van der Waals surface area contributed by atoms with Crippen LogP contribution in [0.25, 0.3) is 5.57 Å². The highest BCUT2D eigenvalue weighted by Gasteiger charge is 2.51. The molecule has 4 atom stereocenters. The van der Waals surface area contributed by atoms with E-state index in [9.17, 15) is 13.2 Å². The number of allylic oxidation sites excluding steroid dienone is 2. The van der Waals surface area contributed by atoms with E-state index in [2.05, 4.69) is 36.2 Å². The van der Waals surface area contributed by atoms with Crippen LogP contribution in [0.1, 0.15) is 78.4 Å². The number of Topliss-reactive ketones (excluding diaryl/α,β-unsaturated/α-hetero) is 1. The van der Waals surface area contributed by atoms with Gasteiger partial charge in [-0.15, -0.1) is 0 Å². The minimum Gasteiger partial charge on any atom is -0.294 e. The predicted molar refractivity (Wildman–Crippen MR) is 130 cm³/mol. The lowest BCUT2D eigenvalue weighted by molar-refractivity contribution is 0.0884. The van der Waals surface area contributed by atoms with Crippen molar-refractivity contribution in [3.05, 3.63) is 71.1 Å². The third-order valence-electron chi connectivity index (χ3n) is 8.43. The number of nitrogens with two attached hydrogens (primary N) is 1. The fourth-order valence-electron chi connectivity index (χ4n) is 6.87. The number of benzene rings is 1. The SMILES string of the molecule is C[C@]12CC[C@@H]3c4ccc(C(=O)CCCS(N)(=O)=O)cc4CC[C@H]3[C@@H]1CC=C2c1cccnc1. The van der Waals surface area contributed by atoms with Crippen LogP contribution in [-0.4, -0.2) is 24.9 Å². The molecule has 3 aliphatic carbocycles. The lowest BCUT2D eigenvalue weighted by Crippen LogP contribution is -2.40. The number of hydrogen-bond acceptors (Lipinski definition) is 4. The summed E-state index contributed by atoms with van der Waals surface area (Å²) in [6.45, 7) is 2.46. The second-order valence-corrected chi connectivity index (χ2v) is 12.0. The second kappa shape index (κ2) is 8.48. The molecule has 174 valence electrons. The van der Waals surface area contributed by atoms with Gasteiger partial charge in [0.2, 0.25) is 10.0 Å². The highest BCUT2D eigenvalue weighted by atomic mass is 32.2. The zero-order chi connectivity index (χ0) is 23.2. The Morgan fingerprint density at radius 3 is 2.85 bits per heavy atom. The number of aryl methyl sites for hydroxylation is 1.